The van der Waals surface area contributed by atoms with Crippen molar-refractivity contribution in [2.24, 2.45) is 5.92 Å². The summed E-state index contributed by atoms with van der Waals surface area (Å²) < 4.78 is 2.39. The van der Waals surface area contributed by atoms with Gasteiger partial charge in [0, 0.05) is 18.4 Å². The van der Waals surface area contributed by atoms with Crippen LogP contribution in [0.2, 0.25) is 0 Å². The molecule has 1 heterocycles. The maximum Gasteiger partial charge on any atom is 0.0247 e. The average Bonchev–Trinajstić information content (AvgIpc) is 2.34. The summed E-state index contributed by atoms with van der Waals surface area (Å²) >= 11 is 0. The van der Waals surface area contributed by atoms with Crippen molar-refractivity contribution in [2.45, 2.75) is 47.6 Å². The molecule has 0 N–H and O–H groups in total. The van der Waals surface area contributed by atoms with Gasteiger partial charge in [-0.3, -0.25) is 0 Å². The summed E-state index contributed by atoms with van der Waals surface area (Å²) in [6.07, 6.45) is 3.53. The molecule has 0 aliphatic rings. The number of hydrogen-bond donors (Lipinski definition) is 0. The van der Waals surface area contributed by atoms with Gasteiger partial charge in [0.25, 0.3) is 0 Å². The molecular weight excluding hydrogens is 158 g/mol. The number of rotatable bonds is 3. The lowest BCUT2D eigenvalue weighted by atomic mass is 10.1. The molecule has 1 heteroatoms. The predicted octanol–water partition coefficient (Wildman–Crippen LogP) is 3.46. The Hall–Kier alpha value is -0.720. The Morgan fingerprint density at radius 3 is 2.31 bits per heavy atom. The second-order valence-electron chi connectivity index (χ2n) is 4.19. The van der Waals surface area contributed by atoms with Gasteiger partial charge >= 0.3 is 0 Å². The Labute approximate surface area is 81.8 Å². The molecule has 0 fully saturated rings. The van der Waals surface area contributed by atoms with E-state index in [1.165, 1.54) is 23.2 Å². The van der Waals surface area contributed by atoms with Crippen molar-refractivity contribution in [3.05, 3.63) is 23.0 Å². The topological polar surface area (TPSA) is 4.93 Å². The van der Waals surface area contributed by atoms with Crippen LogP contribution in [0.1, 0.15) is 37.1 Å². The first-order valence-corrected chi connectivity index (χ1v) is 5.19. The molecule has 0 aliphatic carbocycles. The van der Waals surface area contributed by atoms with Gasteiger partial charge in [-0.25, -0.2) is 0 Å². The first-order chi connectivity index (χ1) is 6.06. The van der Waals surface area contributed by atoms with Crippen molar-refractivity contribution >= 4 is 0 Å². The molecule has 1 unspecified atom stereocenters. The molecule has 74 valence electrons. The third-order valence-corrected chi connectivity index (χ3v) is 3.12. The quantitative estimate of drug-likeness (QED) is 0.669. The summed E-state index contributed by atoms with van der Waals surface area (Å²) in [6.45, 7) is 12.3. The fraction of sp³-hybridized carbons (Fsp3) is 0.667. The van der Waals surface area contributed by atoms with Crippen LogP contribution < -0.4 is 0 Å². The minimum Gasteiger partial charge on any atom is -0.351 e. The number of nitrogens with zero attached hydrogens (tertiary/aromatic N) is 1. The molecule has 1 rings (SSSR count). The van der Waals surface area contributed by atoms with Crippen LogP contribution in [0.5, 0.6) is 0 Å². The molecular formula is C12H21N. The summed E-state index contributed by atoms with van der Waals surface area (Å²) in [4.78, 5) is 0. The van der Waals surface area contributed by atoms with Gasteiger partial charge in [-0.15, -0.1) is 0 Å². The molecule has 0 bridgehead atoms. The Morgan fingerprint density at radius 1 is 1.31 bits per heavy atom. The van der Waals surface area contributed by atoms with Gasteiger partial charge in [0.05, 0.1) is 0 Å². The summed E-state index contributed by atoms with van der Waals surface area (Å²) in [5.74, 6) is 0.782. The zero-order valence-corrected chi connectivity index (χ0v) is 9.52. The largest absolute Gasteiger partial charge is 0.351 e. The molecule has 1 aromatic rings. The molecule has 0 amide bonds. The van der Waals surface area contributed by atoms with E-state index >= 15 is 0 Å². The minimum absolute atomic E-state index is 0.782. The van der Waals surface area contributed by atoms with Crippen LogP contribution in [-0.2, 0) is 6.54 Å². The van der Waals surface area contributed by atoms with Crippen molar-refractivity contribution in [2.75, 3.05) is 0 Å². The number of hydrogen-bond acceptors (Lipinski definition) is 0. The lowest BCUT2D eigenvalue weighted by Crippen LogP contribution is -2.07. The van der Waals surface area contributed by atoms with Crippen LogP contribution in [0.25, 0.3) is 0 Å². The maximum absolute atomic E-state index is 2.39. The second kappa shape index (κ2) is 3.99. The number of aryl methyl sites for hydroxylation is 1. The van der Waals surface area contributed by atoms with Gasteiger partial charge in [-0.1, -0.05) is 20.3 Å². The third-order valence-electron chi connectivity index (χ3n) is 3.12. The minimum atomic E-state index is 0.782. The maximum atomic E-state index is 2.39. The predicted molar refractivity (Wildman–Crippen MR) is 58.1 cm³/mol. The van der Waals surface area contributed by atoms with Crippen LogP contribution in [0.15, 0.2) is 6.20 Å². The summed E-state index contributed by atoms with van der Waals surface area (Å²) in [5, 5.41) is 0. The average molecular weight is 179 g/mol. The third kappa shape index (κ3) is 2.15. The highest BCUT2D eigenvalue weighted by atomic mass is 15.0. The summed E-state index contributed by atoms with van der Waals surface area (Å²) in [7, 11) is 0. The monoisotopic (exact) mass is 179 g/mol. The van der Waals surface area contributed by atoms with Crippen LogP contribution >= 0.6 is 0 Å². The normalized spacial score (nSPS) is 13.3. The molecule has 0 spiro atoms. The summed E-state index contributed by atoms with van der Waals surface area (Å²) in [6, 6.07) is 0. The first-order valence-electron chi connectivity index (χ1n) is 5.19. The van der Waals surface area contributed by atoms with E-state index in [-0.39, 0.29) is 0 Å². The summed E-state index contributed by atoms with van der Waals surface area (Å²) in [5.41, 5.74) is 4.29. The van der Waals surface area contributed by atoms with Crippen LogP contribution in [-0.4, -0.2) is 4.57 Å². The van der Waals surface area contributed by atoms with Gasteiger partial charge < -0.3 is 4.57 Å². The zero-order valence-electron chi connectivity index (χ0n) is 9.52. The van der Waals surface area contributed by atoms with Crippen molar-refractivity contribution in [1.82, 2.24) is 4.57 Å². The highest BCUT2D eigenvalue weighted by Crippen LogP contribution is 2.16. The number of aromatic nitrogens is 1. The molecule has 1 aromatic heterocycles. The van der Waals surface area contributed by atoms with E-state index in [4.69, 9.17) is 0 Å². The lowest BCUT2D eigenvalue weighted by molar-refractivity contribution is 0.464. The molecule has 13 heavy (non-hydrogen) atoms. The van der Waals surface area contributed by atoms with Gasteiger partial charge in [0.2, 0.25) is 0 Å². The standard InChI is InChI=1S/C12H21N/c1-6-9(2)7-13-8-10(3)11(4)12(13)5/h8-9H,6-7H2,1-5H3. The zero-order chi connectivity index (χ0) is 10.0. The molecule has 0 aliphatic heterocycles. The van der Waals surface area contributed by atoms with Gasteiger partial charge in [-0.2, -0.15) is 0 Å². The van der Waals surface area contributed by atoms with E-state index < -0.39 is 0 Å². The molecule has 0 saturated heterocycles. The van der Waals surface area contributed by atoms with E-state index in [0.717, 1.165) is 12.5 Å². The SMILES string of the molecule is CCC(C)Cn1cc(C)c(C)c1C. The Balaban J connectivity index is 2.83. The fourth-order valence-corrected chi connectivity index (χ4v) is 1.58. The van der Waals surface area contributed by atoms with E-state index in [0.29, 0.717) is 0 Å². The van der Waals surface area contributed by atoms with Gasteiger partial charge in [0.1, 0.15) is 0 Å². The molecule has 0 saturated carbocycles. The van der Waals surface area contributed by atoms with Crippen molar-refractivity contribution < 1.29 is 0 Å². The first kappa shape index (κ1) is 10.4. The van der Waals surface area contributed by atoms with Crippen molar-refractivity contribution in [3.8, 4) is 0 Å². The molecule has 0 aromatic carbocycles. The van der Waals surface area contributed by atoms with Gasteiger partial charge in [0.15, 0.2) is 0 Å². The van der Waals surface area contributed by atoms with E-state index in [1.807, 2.05) is 0 Å². The smallest absolute Gasteiger partial charge is 0.0247 e. The van der Waals surface area contributed by atoms with E-state index in [9.17, 15) is 0 Å². The van der Waals surface area contributed by atoms with Crippen molar-refractivity contribution in [1.29, 1.82) is 0 Å². The van der Waals surface area contributed by atoms with Gasteiger partial charge in [-0.05, 0) is 37.8 Å². The van der Waals surface area contributed by atoms with E-state index in [2.05, 4.69) is 45.4 Å². The second-order valence-corrected chi connectivity index (χ2v) is 4.19. The Kier molecular flexibility index (Phi) is 3.18. The molecule has 0 radical (unpaired) electrons. The highest BCUT2D eigenvalue weighted by Gasteiger charge is 2.07. The Bertz CT molecular complexity index is 284. The van der Waals surface area contributed by atoms with E-state index in [1.54, 1.807) is 0 Å². The van der Waals surface area contributed by atoms with Crippen LogP contribution in [0, 0.1) is 26.7 Å². The lowest BCUT2D eigenvalue weighted by Gasteiger charge is -2.11. The van der Waals surface area contributed by atoms with Crippen molar-refractivity contribution in [3.63, 3.8) is 0 Å². The van der Waals surface area contributed by atoms with Crippen LogP contribution in [0.4, 0.5) is 0 Å². The Morgan fingerprint density at radius 2 is 1.92 bits per heavy atom. The van der Waals surface area contributed by atoms with Crippen LogP contribution in [0.3, 0.4) is 0 Å². The fourth-order valence-electron chi connectivity index (χ4n) is 1.58. The highest BCUT2D eigenvalue weighted by molar-refractivity contribution is 5.28. The molecule has 1 atom stereocenters. The molecule has 1 nitrogen and oxygen atoms in total.